The summed E-state index contributed by atoms with van der Waals surface area (Å²) in [6.45, 7) is 6.33. The van der Waals surface area contributed by atoms with Crippen molar-refractivity contribution in [3.63, 3.8) is 0 Å². The Kier molecular flexibility index (Phi) is 4.60. The lowest BCUT2D eigenvalue weighted by molar-refractivity contribution is -0.150. The highest BCUT2D eigenvalue weighted by atomic mass is 16.2. The van der Waals surface area contributed by atoms with Gasteiger partial charge in [0.15, 0.2) is 0 Å². The summed E-state index contributed by atoms with van der Waals surface area (Å²) in [5.41, 5.74) is 0. The Balaban J connectivity index is 1.68. The van der Waals surface area contributed by atoms with Crippen molar-refractivity contribution in [3.8, 4) is 0 Å². The molecular formula is C17H27N3O3. The molecule has 2 unspecified atom stereocenters. The van der Waals surface area contributed by atoms with Gasteiger partial charge in [0.1, 0.15) is 6.04 Å². The van der Waals surface area contributed by atoms with E-state index in [1.165, 1.54) is 0 Å². The first-order valence-electron chi connectivity index (χ1n) is 8.86. The molecule has 3 fully saturated rings. The molecule has 128 valence electrons. The third-order valence-electron chi connectivity index (χ3n) is 5.18. The highest BCUT2D eigenvalue weighted by molar-refractivity contribution is 5.90. The van der Waals surface area contributed by atoms with Crippen molar-refractivity contribution in [2.45, 2.75) is 45.6 Å². The molecule has 6 heteroatoms. The van der Waals surface area contributed by atoms with Gasteiger partial charge in [-0.25, -0.2) is 0 Å². The van der Waals surface area contributed by atoms with Gasteiger partial charge in [-0.2, -0.15) is 0 Å². The van der Waals surface area contributed by atoms with E-state index >= 15 is 0 Å². The molecule has 2 aliphatic heterocycles. The molecule has 0 radical (unpaired) electrons. The predicted molar refractivity (Wildman–Crippen MR) is 85.4 cm³/mol. The van der Waals surface area contributed by atoms with E-state index in [0.717, 1.165) is 32.2 Å². The first-order chi connectivity index (χ1) is 11.0. The molecule has 0 spiro atoms. The number of piperidine rings is 1. The summed E-state index contributed by atoms with van der Waals surface area (Å²) in [6.07, 6.45) is 3.68. The van der Waals surface area contributed by atoms with Crippen LogP contribution in [0.3, 0.4) is 0 Å². The zero-order chi connectivity index (χ0) is 16.6. The minimum Gasteiger partial charge on any atom is -0.353 e. The van der Waals surface area contributed by atoms with Crippen molar-refractivity contribution in [3.05, 3.63) is 0 Å². The van der Waals surface area contributed by atoms with Crippen LogP contribution in [0.5, 0.6) is 0 Å². The zero-order valence-corrected chi connectivity index (χ0v) is 14.1. The molecule has 1 saturated carbocycles. The summed E-state index contributed by atoms with van der Waals surface area (Å²) in [4.78, 5) is 41.0. The Morgan fingerprint density at radius 3 is 2.48 bits per heavy atom. The van der Waals surface area contributed by atoms with Crippen LogP contribution in [0.4, 0.5) is 0 Å². The molecule has 0 aromatic heterocycles. The molecule has 2 atom stereocenters. The number of likely N-dealkylation sites (tertiary alicyclic amines) is 1. The second kappa shape index (κ2) is 6.49. The van der Waals surface area contributed by atoms with E-state index in [1.807, 2.05) is 18.7 Å². The molecule has 0 aromatic rings. The summed E-state index contributed by atoms with van der Waals surface area (Å²) >= 11 is 0. The van der Waals surface area contributed by atoms with E-state index < -0.39 is 0 Å². The van der Waals surface area contributed by atoms with Crippen LogP contribution >= 0.6 is 0 Å². The molecule has 23 heavy (non-hydrogen) atoms. The quantitative estimate of drug-likeness (QED) is 0.828. The van der Waals surface area contributed by atoms with Crippen molar-refractivity contribution >= 4 is 17.7 Å². The van der Waals surface area contributed by atoms with Crippen LogP contribution in [-0.2, 0) is 14.4 Å². The predicted octanol–water partition coefficient (Wildman–Crippen LogP) is 0.618. The monoisotopic (exact) mass is 321 g/mol. The molecule has 1 aliphatic carbocycles. The molecule has 1 N–H and O–H groups in total. The normalized spacial score (nSPS) is 28.7. The molecule has 3 rings (SSSR count). The van der Waals surface area contributed by atoms with E-state index in [9.17, 15) is 14.4 Å². The molecule has 3 aliphatic rings. The standard InChI is InChI=1S/C17H27N3O3/c1-11(2)14-15(21)18-7-9-20(14)17(23)13-4-3-8-19(10-13)16(22)12-5-6-12/h11-14H,3-10H2,1-2H3,(H,18,21). The topological polar surface area (TPSA) is 69.7 Å². The van der Waals surface area contributed by atoms with Crippen LogP contribution in [0.2, 0.25) is 0 Å². The molecule has 3 amide bonds. The van der Waals surface area contributed by atoms with Crippen molar-refractivity contribution in [2.24, 2.45) is 17.8 Å². The first kappa shape index (κ1) is 16.3. The van der Waals surface area contributed by atoms with E-state index in [1.54, 1.807) is 4.90 Å². The van der Waals surface area contributed by atoms with E-state index in [2.05, 4.69) is 5.32 Å². The molecule has 2 heterocycles. The molecule has 0 bridgehead atoms. The number of carbonyl (C=O) groups excluding carboxylic acids is 3. The SMILES string of the molecule is CC(C)C1C(=O)NCCN1C(=O)C1CCCN(C(=O)C2CC2)C1. The van der Waals surface area contributed by atoms with Gasteiger partial charge in [0, 0.05) is 32.1 Å². The van der Waals surface area contributed by atoms with Gasteiger partial charge in [0.05, 0.1) is 5.92 Å². The number of nitrogens with one attached hydrogen (secondary N) is 1. The van der Waals surface area contributed by atoms with Gasteiger partial charge in [-0.05, 0) is 31.6 Å². The van der Waals surface area contributed by atoms with Gasteiger partial charge in [0.2, 0.25) is 17.7 Å². The maximum absolute atomic E-state index is 13.0. The van der Waals surface area contributed by atoms with Crippen molar-refractivity contribution in [2.75, 3.05) is 26.2 Å². The van der Waals surface area contributed by atoms with Gasteiger partial charge in [-0.15, -0.1) is 0 Å². The lowest BCUT2D eigenvalue weighted by Crippen LogP contribution is -2.61. The number of piperazine rings is 1. The molecular weight excluding hydrogens is 294 g/mol. The Morgan fingerprint density at radius 2 is 1.83 bits per heavy atom. The molecule has 0 aromatic carbocycles. The van der Waals surface area contributed by atoms with E-state index in [0.29, 0.717) is 19.6 Å². The minimum absolute atomic E-state index is 0.0480. The maximum atomic E-state index is 13.0. The first-order valence-corrected chi connectivity index (χ1v) is 8.86. The molecule has 2 saturated heterocycles. The van der Waals surface area contributed by atoms with Crippen LogP contribution in [0.25, 0.3) is 0 Å². The number of rotatable bonds is 3. The van der Waals surface area contributed by atoms with Crippen molar-refractivity contribution in [1.82, 2.24) is 15.1 Å². The molecule has 6 nitrogen and oxygen atoms in total. The fraction of sp³-hybridized carbons (Fsp3) is 0.824. The van der Waals surface area contributed by atoms with Crippen LogP contribution in [0, 0.1) is 17.8 Å². The van der Waals surface area contributed by atoms with E-state index in [-0.39, 0.29) is 41.5 Å². The van der Waals surface area contributed by atoms with Gasteiger partial charge in [-0.1, -0.05) is 13.8 Å². The third kappa shape index (κ3) is 3.35. The Bertz CT molecular complexity index is 501. The lowest BCUT2D eigenvalue weighted by atomic mass is 9.92. The largest absolute Gasteiger partial charge is 0.353 e. The average molecular weight is 321 g/mol. The average Bonchev–Trinajstić information content (AvgIpc) is 3.38. The Morgan fingerprint density at radius 1 is 1.09 bits per heavy atom. The number of hydrogen-bond acceptors (Lipinski definition) is 3. The second-order valence-electron chi connectivity index (χ2n) is 7.41. The third-order valence-corrected chi connectivity index (χ3v) is 5.18. The number of hydrogen-bond donors (Lipinski definition) is 1. The minimum atomic E-state index is -0.384. The summed E-state index contributed by atoms with van der Waals surface area (Å²) < 4.78 is 0. The fourth-order valence-electron chi connectivity index (χ4n) is 3.80. The summed E-state index contributed by atoms with van der Waals surface area (Å²) in [7, 11) is 0. The van der Waals surface area contributed by atoms with Gasteiger partial charge in [0.25, 0.3) is 0 Å². The Hall–Kier alpha value is -1.59. The van der Waals surface area contributed by atoms with Gasteiger partial charge < -0.3 is 15.1 Å². The van der Waals surface area contributed by atoms with Crippen molar-refractivity contribution < 1.29 is 14.4 Å². The number of nitrogens with zero attached hydrogens (tertiary/aromatic N) is 2. The van der Waals surface area contributed by atoms with E-state index in [4.69, 9.17) is 0 Å². The van der Waals surface area contributed by atoms with Crippen molar-refractivity contribution in [1.29, 1.82) is 0 Å². The van der Waals surface area contributed by atoms with Crippen LogP contribution < -0.4 is 5.32 Å². The van der Waals surface area contributed by atoms with Gasteiger partial charge in [-0.3, -0.25) is 14.4 Å². The smallest absolute Gasteiger partial charge is 0.243 e. The lowest BCUT2D eigenvalue weighted by Gasteiger charge is -2.41. The zero-order valence-electron chi connectivity index (χ0n) is 14.1. The van der Waals surface area contributed by atoms with Crippen LogP contribution in [-0.4, -0.2) is 59.7 Å². The second-order valence-corrected chi connectivity index (χ2v) is 7.41. The van der Waals surface area contributed by atoms with Crippen LogP contribution in [0.15, 0.2) is 0 Å². The summed E-state index contributed by atoms with van der Waals surface area (Å²) in [6, 6.07) is -0.384. The highest BCUT2D eigenvalue weighted by Crippen LogP contribution is 2.33. The fourth-order valence-corrected chi connectivity index (χ4v) is 3.80. The Labute approximate surface area is 137 Å². The summed E-state index contributed by atoms with van der Waals surface area (Å²) in [5.74, 6) is 0.353. The number of carbonyl (C=O) groups is 3. The van der Waals surface area contributed by atoms with Gasteiger partial charge >= 0.3 is 0 Å². The maximum Gasteiger partial charge on any atom is 0.243 e. The van der Waals surface area contributed by atoms with Crippen LogP contribution in [0.1, 0.15) is 39.5 Å². The highest BCUT2D eigenvalue weighted by Gasteiger charge is 2.41. The summed E-state index contributed by atoms with van der Waals surface area (Å²) in [5, 5.41) is 2.85. The number of amides is 3.